The van der Waals surface area contributed by atoms with Gasteiger partial charge in [0.1, 0.15) is 5.56 Å². The van der Waals surface area contributed by atoms with Crippen LogP contribution in [0.5, 0.6) is 5.88 Å². The number of aromatic hydroxyl groups is 1. The first-order valence-corrected chi connectivity index (χ1v) is 7.45. The van der Waals surface area contributed by atoms with Crippen LogP contribution in [0.2, 0.25) is 0 Å². The zero-order chi connectivity index (χ0) is 15.4. The second kappa shape index (κ2) is 4.59. The molecule has 2 aromatic rings. The van der Waals surface area contributed by atoms with E-state index in [0.29, 0.717) is 10.0 Å². The number of hydrogen-bond acceptors (Lipinski definition) is 3. The molecular formula is C15H15BrN2O3. The highest BCUT2D eigenvalue weighted by Gasteiger charge is 2.49. The molecule has 2 N–H and O–H groups in total. The van der Waals surface area contributed by atoms with Gasteiger partial charge in [-0.25, -0.2) is 4.79 Å². The van der Waals surface area contributed by atoms with Crippen molar-refractivity contribution in [3.8, 4) is 17.0 Å². The Labute approximate surface area is 129 Å². The van der Waals surface area contributed by atoms with Crippen molar-refractivity contribution in [1.29, 1.82) is 0 Å². The van der Waals surface area contributed by atoms with Crippen molar-refractivity contribution in [3.63, 3.8) is 0 Å². The molecule has 110 valence electrons. The summed E-state index contributed by atoms with van der Waals surface area (Å²) < 4.78 is 1.97. The van der Waals surface area contributed by atoms with Crippen LogP contribution in [-0.2, 0) is 0 Å². The van der Waals surface area contributed by atoms with Gasteiger partial charge in [0.05, 0.1) is 0 Å². The maximum atomic E-state index is 12.1. The summed E-state index contributed by atoms with van der Waals surface area (Å²) in [5.41, 5.74) is -0.527. The highest BCUT2D eigenvalue weighted by molar-refractivity contribution is 9.10. The molecule has 1 aliphatic carbocycles. The average Bonchev–Trinajstić information content (AvgIpc) is 2.99. The van der Waals surface area contributed by atoms with Gasteiger partial charge in [-0.2, -0.15) is 0 Å². The molecule has 21 heavy (non-hydrogen) atoms. The van der Waals surface area contributed by atoms with Crippen LogP contribution in [-0.4, -0.2) is 14.7 Å². The Kier molecular flexibility index (Phi) is 3.09. The third kappa shape index (κ3) is 2.23. The molecule has 0 spiro atoms. The van der Waals surface area contributed by atoms with Crippen molar-refractivity contribution in [2.24, 2.45) is 5.41 Å². The minimum absolute atomic E-state index is 0.0509. The average molecular weight is 351 g/mol. The van der Waals surface area contributed by atoms with Crippen molar-refractivity contribution in [3.05, 3.63) is 49.6 Å². The van der Waals surface area contributed by atoms with Gasteiger partial charge in [0.15, 0.2) is 0 Å². The van der Waals surface area contributed by atoms with E-state index in [-0.39, 0.29) is 22.9 Å². The number of H-pyrrole nitrogens is 1. The molecule has 0 bridgehead atoms. The van der Waals surface area contributed by atoms with Crippen molar-refractivity contribution in [2.75, 3.05) is 0 Å². The van der Waals surface area contributed by atoms with E-state index in [1.807, 2.05) is 19.9 Å². The van der Waals surface area contributed by atoms with Gasteiger partial charge < -0.3 is 5.11 Å². The molecule has 1 saturated carbocycles. The molecule has 3 rings (SSSR count). The molecule has 1 unspecified atom stereocenters. The predicted octanol–water partition coefficient (Wildman–Crippen LogP) is 2.64. The lowest BCUT2D eigenvalue weighted by Gasteiger charge is -2.13. The monoisotopic (exact) mass is 350 g/mol. The molecule has 0 amide bonds. The van der Waals surface area contributed by atoms with E-state index in [9.17, 15) is 14.7 Å². The lowest BCUT2D eigenvalue weighted by molar-refractivity contribution is 0.386. The molecule has 1 fully saturated rings. The Hall–Kier alpha value is -1.82. The summed E-state index contributed by atoms with van der Waals surface area (Å²) in [4.78, 5) is 26.5. The molecule has 0 aliphatic heterocycles. The molecule has 0 radical (unpaired) electrons. The molecule has 1 aliphatic rings. The van der Waals surface area contributed by atoms with Gasteiger partial charge >= 0.3 is 5.69 Å². The van der Waals surface area contributed by atoms with Crippen LogP contribution in [0.1, 0.15) is 26.3 Å². The highest BCUT2D eigenvalue weighted by atomic mass is 79.9. The number of hydrogen-bond donors (Lipinski definition) is 2. The maximum Gasteiger partial charge on any atom is 0.331 e. The third-order valence-electron chi connectivity index (χ3n) is 4.03. The van der Waals surface area contributed by atoms with Crippen LogP contribution in [0.3, 0.4) is 0 Å². The number of aromatic amines is 1. The molecule has 1 atom stereocenters. The van der Waals surface area contributed by atoms with E-state index in [1.54, 1.807) is 18.2 Å². The Balaban J connectivity index is 2.28. The van der Waals surface area contributed by atoms with E-state index >= 15 is 0 Å². The summed E-state index contributed by atoms with van der Waals surface area (Å²) in [6.07, 6.45) is 0.794. The second-order valence-corrected chi connectivity index (χ2v) is 6.87. The van der Waals surface area contributed by atoms with Crippen molar-refractivity contribution < 1.29 is 5.11 Å². The third-order valence-corrected chi connectivity index (χ3v) is 4.73. The van der Waals surface area contributed by atoms with Crippen LogP contribution in [0.15, 0.2) is 38.3 Å². The zero-order valence-electron chi connectivity index (χ0n) is 11.7. The predicted molar refractivity (Wildman–Crippen MR) is 83.6 cm³/mol. The van der Waals surface area contributed by atoms with Gasteiger partial charge in [-0.05, 0) is 17.9 Å². The summed E-state index contributed by atoms with van der Waals surface area (Å²) >= 11 is 3.37. The molecule has 6 heteroatoms. The van der Waals surface area contributed by atoms with Gasteiger partial charge in [-0.15, -0.1) is 0 Å². The summed E-state index contributed by atoms with van der Waals surface area (Å²) in [7, 11) is 0. The topological polar surface area (TPSA) is 75.1 Å². The standard InChI is InChI=1S/C15H15BrN2O3/c1-15(2)7-10(15)18-13(20)11(12(19)17-14(18)21)8-5-3-4-6-9(8)16/h3-6,10,20H,7H2,1-2H3,(H,17,19,21). The zero-order valence-corrected chi connectivity index (χ0v) is 13.3. The molecular weight excluding hydrogens is 336 g/mol. The minimum Gasteiger partial charge on any atom is -0.494 e. The number of benzene rings is 1. The molecule has 1 heterocycles. The Bertz CT molecular complexity index is 836. The van der Waals surface area contributed by atoms with Crippen LogP contribution in [0.4, 0.5) is 0 Å². The van der Waals surface area contributed by atoms with E-state index in [1.165, 1.54) is 4.57 Å². The summed E-state index contributed by atoms with van der Waals surface area (Å²) in [6, 6.07) is 7.00. The maximum absolute atomic E-state index is 12.1. The normalized spacial score (nSPS) is 19.5. The second-order valence-electron chi connectivity index (χ2n) is 6.02. The highest BCUT2D eigenvalue weighted by Crippen LogP contribution is 2.56. The number of nitrogens with zero attached hydrogens (tertiary/aromatic N) is 1. The van der Waals surface area contributed by atoms with Crippen molar-refractivity contribution in [2.45, 2.75) is 26.3 Å². The first kappa shape index (κ1) is 14.1. The van der Waals surface area contributed by atoms with Gasteiger partial charge in [-0.3, -0.25) is 14.3 Å². The lowest BCUT2D eigenvalue weighted by atomic mass is 10.1. The van der Waals surface area contributed by atoms with Crippen LogP contribution in [0.25, 0.3) is 11.1 Å². The van der Waals surface area contributed by atoms with Gasteiger partial charge in [0, 0.05) is 16.1 Å². The molecule has 1 aromatic heterocycles. The lowest BCUT2D eigenvalue weighted by Crippen LogP contribution is -2.31. The SMILES string of the molecule is CC1(C)CC1n1c(O)c(-c2ccccc2Br)c(=O)[nH]c1=O. The fourth-order valence-electron chi connectivity index (χ4n) is 2.61. The quantitative estimate of drug-likeness (QED) is 0.874. The molecule has 1 aromatic carbocycles. The van der Waals surface area contributed by atoms with Gasteiger partial charge in [-0.1, -0.05) is 48.0 Å². The fraction of sp³-hybridized carbons (Fsp3) is 0.333. The minimum atomic E-state index is -0.584. The number of halogens is 1. The number of rotatable bonds is 2. The first-order chi connectivity index (χ1) is 9.83. The summed E-state index contributed by atoms with van der Waals surface area (Å²) in [6.45, 7) is 4.04. The fourth-order valence-corrected chi connectivity index (χ4v) is 3.10. The van der Waals surface area contributed by atoms with E-state index in [2.05, 4.69) is 20.9 Å². The van der Waals surface area contributed by atoms with Gasteiger partial charge in [0.25, 0.3) is 5.56 Å². The number of aromatic nitrogens is 2. The molecule has 0 saturated heterocycles. The Morgan fingerprint density at radius 3 is 2.52 bits per heavy atom. The smallest absolute Gasteiger partial charge is 0.331 e. The largest absolute Gasteiger partial charge is 0.494 e. The van der Waals surface area contributed by atoms with Crippen LogP contribution in [0, 0.1) is 5.41 Å². The van der Waals surface area contributed by atoms with Crippen molar-refractivity contribution in [1.82, 2.24) is 9.55 Å². The Morgan fingerprint density at radius 1 is 1.33 bits per heavy atom. The number of nitrogens with one attached hydrogen (secondary N) is 1. The van der Waals surface area contributed by atoms with Gasteiger partial charge in [0.2, 0.25) is 5.88 Å². The van der Waals surface area contributed by atoms with Crippen LogP contribution >= 0.6 is 15.9 Å². The van der Waals surface area contributed by atoms with Crippen molar-refractivity contribution >= 4 is 15.9 Å². The molecule has 5 nitrogen and oxygen atoms in total. The summed E-state index contributed by atoms with van der Waals surface area (Å²) in [5, 5.41) is 10.5. The van der Waals surface area contributed by atoms with E-state index < -0.39 is 11.2 Å². The summed E-state index contributed by atoms with van der Waals surface area (Å²) in [5.74, 6) is -0.272. The van der Waals surface area contributed by atoms with E-state index in [4.69, 9.17) is 0 Å². The van der Waals surface area contributed by atoms with Crippen LogP contribution < -0.4 is 11.2 Å². The first-order valence-electron chi connectivity index (χ1n) is 6.65. The van der Waals surface area contributed by atoms with E-state index in [0.717, 1.165) is 6.42 Å². The Morgan fingerprint density at radius 2 is 1.95 bits per heavy atom.